The van der Waals surface area contributed by atoms with Crippen molar-refractivity contribution in [2.45, 2.75) is 63.0 Å². The first-order chi connectivity index (χ1) is 19.3. The van der Waals surface area contributed by atoms with Crippen LogP contribution in [0.3, 0.4) is 0 Å². The molecule has 0 saturated heterocycles. The smallest absolute Gasteiger partial charge is 0.235 e. The lowest BCUT2D eigenvalue weighted by Gasteiger charge is -2.28. The number of hydrogen-bond acceptors (Lipinski definition) is 7. The van der Waals surface area contributed by atoms with Crippen LogP contribution in [-0.4, -0.2) is 64.7 Å². The zero-order valence-electron chi connectivity index (χ0n) is 23.2. The number of hydrogen-bond donors (Lipinski definition) is 4. The first-order valence-corrected chi connectivity index (χ1v) is 15.2. The fourth-order valence-corrected chi connectivity index (χ4v) is 7.04. The van der Waals surface area contributed by atoms with Crippen LogP contribution in [0.4, 0.5) is 5.69 Å². The average molecular weight is 563 g/mol. The molecule has 6 rings (SSSR count). The summed E-state index contributed by atoms with van der Waals surface area (Å²) in [4.78, 5) is 20.7. The Balaban J connectivity index is 1.05. The molecule has 9 heteroatoms. The molecule has 1 amide bonds. The number of H-pyrrole nitrogens is 1. The minimum atomic E-state index is -0.695. The van der Waals surface area contributed by atoms with Crippen molar-refractivity contribution in [2.75, 3.05) is 37.4 Å². The number of carbonyl (C=O) groups is 1. The van der Waals surface area contributed by atoms with E-state index in [1.54, 1.807) is 11.8 Å². The summed E-state index contributed by atoms with van der Waals surface area (Å²) in [7, 11) is 0. The molecule has 3 heterocycles. The predicted molar refractivity (Wildman–Crippen MR) is 161 cm³/mol. The molecule has 2 aromatic carbocycles. The molecule has 0 bridgehead atoms. The zero-order chi connectivity index (χ0) is 27.7. The second kappa shape index (κ2) is 11.1. The molecule has 1 aromatic heterocycles. The maximum absolute atomic E-state index is 12.8. The van der Waals surface area contributed by atoms with Gasteiger partial charge in [-0.15, -0.1) is 11.8 Å². The highest BCUT2D eigenvalue weighted by Crippen LogP contribution is 2.52. The number of aliphatic imine (C=N–C) groups is 1. The van der Waals surface area contributed by atoms with Crippen LogP contribution in [0.2, 0.25) is 0 Å². The van der Waals surface area contributed by atoms with E-state index in [1.165, 1.54) is 5.56 Å². The van der Waals surface area contributed by atoms with Crippen LogP contribution in [0.25, 0.3) is 10.9 Å². The second-order valence-corrected chi connectivity index (χ2v) is 12.9. The number of β-amino-alcohol motifs (C(OH)–C–C–N with tert-alkyl or cyclic N) is 1. The van der Waals surface area contributed by atoms with Gasteiger partial charge in [-0.25, -0.2) is 0 Å². The van der Waals surface area contributed by atoms with E-state index in [0.717, 1.165) is 77.3 Å². The Kier molecular flexibility index (Phi) is 7.54. The predicted octanol–water partition coefficient (Wildman–Crippen LogP) is 4.81. The zero-order valence-corrected chi connectivity index (χ0v) is 24.0. The van der Waals surface area contributed by atoms with Crippen LogP contribution in [0.1, 0.15) is 50.7 Å². The maximum Gasteiger partial charge on any atom is 0.235 e. The normalized spacial score (nSPS) is 18.7. The van der Waals surface area contributed by atoms with Gasteiger partial charge in [-0.1, -0.05) is 31.0 Å². The van der Waals surface area contributed by atoms with Crippen molar-refractivity contribution in [3.8, 4) is 11.5 Å². The van der Waals surface area contributed by atoms with E-state index in [9.17, 15) is 9.90 Å². The van der Waals surface area contributed by atoms with Gasteiger partial charge < -0.3 is 30.2 Å². The Morgan fingerprint density at radius 1 is 1.15 bits per heavy atom. The number of thioether (sulfide) groups is 1. The van der Waals surface area contributed by atoms with E-state index in [0.29, 0.717) is 18.9 Å². The lowest BCUT2D eigenvalue weighted by molar-refractivity contribution is -0.120. The number of aromatic amines is 1. The van der Waals surface area contributed by atoms with Crippen LogP contribution in [0, 0.1) is 0 Å². The number of carbonyl (C=O) groups excluding carboxylic acids is 1. The highest BCUT2D eigenvalue weighted by atomic mass is 32.2. The molecule has 3 aromatic rings. The molecule has 1 aliphatic carbocycles. The monoisotopic (exact) mass is 562 g/mol. The van der Waals surface area contributed by atoms with E-state index in [1.807, 2.05) is 36.5 Å². The van der Waals surface area contributed by atoms with Crippen molar-refractivity contribution in [1.82, 2.24) is 10.3 Å². The van der Waals surface area contributed by atoms with E-state index in [-0.39, 0.29) is 18.1 Å². The summed E-state index contributed by atoms with van der Waals surface area (Å²) < 4.78 is 12.2. The summed E-state index contributed by atoms with van der Waals surface area (Å²) >= 11 is 1.76. The summed E-state index contributed by atoms with van der Waals surface area (Å²) in [6.45, 7) is 6.20. The largest absolute Gasteiger partial charge is 0.490 e. The molecule has 212 valence electrons. The highest BCUT2D eigenvalue weighted by Gasteiger charge is 2.50. The third kappa shape index (κ3) is 5.34. The molecule has 0 radical (unpaired) electrons. The van der Waals surface area contributed by atoms with Gasteiger partial charge >= 0.3 is 0 Å². The molecular formula is C31H38N4O4S. The summed E-state index contributed by atoms with van der Waals surface area (Å²) in [6, 6.07) is 11.9. The van der Waals surface area contributed by atoms with Gasteiger partial charge in [-0.3, -0.25) is 9.79 Å². The van der Waals surface area contributed by atoms with Gasteiger partial charge in [-0.2, -0.15) is 0 Å². The van der Waals surface area contributed by atoms with E-state index >= 15 is 0 Å². The number of ether oxygens (including phenoxy) is 2. The Morgan fingerprint density at radius 2 is 1.95 bits per heavy atom. The minimum absolute atomic E-state index is 0.0817. The summed E-state index contributed by atoms with van der Waals surface area (Å²) in [5, 5.41) is 19.6. The van der Waals surface area contributed by atoms with Crippen molar-refractivity contribution in [2.24, 2.45) is 4.99 Å². The van der Waals surface area contributed by atoms with E-state index in [4.69, 9.17) is 9.47 Å². The molecule has 1 atom stereocenters. The SMILES string of the molecule is CC(C)(Cc1c[nH]c2c(OCC3=NCCS3)cccc12)NCC(O)COc1cccc2c1C1(CCCC1)C(=O)N2. The van der Waals surface area contributed by atoms with Gasteiger partial charge in [-0.05, 0) is 56.9 Å². The highest BCUT2D eigenvalue weighted by molar-refractivity contribution is 8.14. The Morgan fingerprint density at radius 3 is 2.75 bits per heavy atom. The molecule has 8 nitrogen and oxygen atoms in total. The fourth-order valence-electron chi connectivity index (χ4n) is 6.30. The molecular weight excluding hydrogens is 524 g/mol. The third-order valence-corrected chi connectivity index (χ3v) is 9.25. The first kappa shape index (κ1) is 27.2. The molecule has 2 aliphatic heterocycles. The molecule has 40 heavy (non-hydrogen) atoms. The number of nitrogens with zero attached hydrogens (tertiary/aromatic N) is 1. The standard InChI is InChI=1S/C31H38N4O4S/c1-30(2,15-20-16-33-28-22(20)7-5-10-25(28)39-19-26-32-13-14-40-26)34-17-21(36)18-38-24-9-6-8-23-27(24)31(29(37)35-23)11-3-4-12-31/h5-10,16,21,33-34,36H,3-4,11-15,17-19H2,1-2H3,(H,35,37). The van der Waals surface area contributed by atoms with Crippen molar-refractivity contribution >= 4 is 39.3 Å². The van der Waals surface area contributed by atoms with Crippen molar-refractivity contribution in [3.05, 3.63) is 53.7 Å². The van der Waals surface area contributed by atoms with Gasteiger partial charge in [0.1, 0.15) is 35.9 Å². The molecule has 3 aliphatic rings. The lowest BCUT2D eigenvalue weighted by atomic mass is 9.79. The van der Waals surface area contributed by atoms with Gasteiger partial charge in [0, 0.05) is 47.2 Å². The van der Waals surface area contributed by atoms with Crippen molar-refractivity contribution in [3.63, 3.8) is 0 Å². The van der Waals surface area contributed by atoms with E-state index < -0.39 is 11.5 Å². The quantitative estimate of drug-likeness (QED) is 0.267. The van der Waals surface area contributed by atoms with Gasteiger partial charge in [0.15, 0.2) is 0 Å². The number of para-hydroxylation sites is 1. The fraction of sp³-hybridized carbons (Fsp3) is 0.484. The van der Waals surface area contributed by atoms with Crippen LogP contribution in [0.15, 0.2) is 47.6 Å². The van der Waals surface area contributed by atoms with Crippen molar-refractivity contribution < 1.29 is 19.4 Å². The summed E-state index contributed by atoms with van der Waals surface area (Å²) in [6.07, 6.45) is 5.91. The van der Waals surface area contributed by atoms with Crippen LogP contribution in [-0.2, 0) is 16.6 Å². The third-order valence-electron chi connectivity index (χ3n) is 8.29. The van der Waals surface area contributed by atoms with Crippen molar-refractivity contribution in [1.29, 1.82) is 0 Å². The maximum atomic E-state index is 12.8. The van der Waals surface area contributed by atoms with Crippen LogP contribution < -0.4 is 20.1 Å². The molecule has 1 spiro atoms. The average Bonchev–Trinajstić information content (AvgIpc) is 3.75. The second-order valence-electron chi connectivity index (χ2n) is 11.7. The number of nitrogens with one attached hydrogen (secondary N) is 3. The van der Waals surface area contributed by atoms with Gasteiger partial charge in [0.05, 0.1) is 10.9 Å². The summed E-state index contributed by atoms with van der Waals surface area (Å²) in [5.41, 5.74) is 3.25. The number of aliphatic hydroxyl groups excluding tert-OH is 1. The van der Waals surface area contributed by atoms with E-state index in [2.05, 4.69) is 40.5 Å². The number of amides is 1. The molecule has 1 saturated carbocycles. The molecule has 4 N–H and O–H groups in total. The Labute approximate surface area is 239 Å². The summed E-state index contributed by atoms with van der Waals surface area (Å²) in [5.74, 6) is 2.65. The topological polar surface area (TPSA) is 108 Å². The number of rotatable bonds is 11. The molecule has 1 unspecified atom stereocenters. The van der Waals surface area contributed by atoms with Crippen LogP contribution >= 0.6 is 11.8 Å². The minimum Gasteiger partial charge on any atom is -0.490 e. The molecule has 1 fully saturated rings. The number of aromatic nitrogens is 1. The van der Waals surface area contributed by atoms with Gasteiger partial charge in [0.2, 0.25) is 5.91 Å². The Bertz CT molecular complexity index is 1430. The number of fused-ring (bicyclic) bond motifs is 3. The Hall–Kier alpha value is -3.01. The number of aliphatic hydroxyl groups is 1. The number of anilines is 1. The van der Waals surface area contributed by atoms with Gasteiger partial charge in [0.25, 0.3) is 0 Å². The lowest BCUT2D eigenvalue weighted by Crippen LogP contribution is -2.46. The number of benzene rings is 2. The first-order valence-electron chi connectivity index (χ1n) is 14.2. The van der Waals surface area contributed by atoms with Crippen LogP contribution in [0.5, 0.6) is 11.5 Å².